The lowest BCUT2D eigenvalue weighted by atomic mass is 9.94. The van der Waals surface area contributed by atoms with E-state index in [1.54, 1.807) is 0 Å². The summed E-state index contributed by atoms with van der Waals surface area (Å²) in [6.45, 7) is 4.11. The van der Waals surface area contributed by atoms with Crippen LogP contribution in [-0.2, 0) is 16.8 Å². The summed E-state index contributed by atoms with van der Waals surface area (Å²) in [5.41, 5.74) is 4.89. The molecule has 4 aromatic rings. The number of nitrogens with one attached hydrogen (secondary N) is 1. The number of amides is 1. The molecule has 1 fully saturated rings. The third-order valence-corrected chi connectivity index (χ3v) is 8.34. The molecule has 1 amide bonds. The maximum absolute atomic E-state index is 14.2. The number of nitrogens with two attached hydrogens (primary N) is 1. The third-order valence-electron chi connectivity index (χ3n) is 7.26. The van der Waals surface area contributed by atoms with Crippen molar-refractivity contribution in [2.75, 3.05) is 26.2 Å². The summed E-state index contributed by atoms with van der Waals surface area (Å²) < 4.78 is 25.0. The average Bonchev–Trinajstić information content (AvgIpc) is 2.96. The van der Waals surface area contributed by atoms with Gasteiger partial charge in [0.2, 0.25) is 0 Å². The molecule has 0 aliphatic carbocycles. The van der Waals surface area contributed by atoms with Gasteiger partial charge in [0.05, 0.1) is 22.8 Å². The fourth-order valence-corrected chi connectivity index (χ4v) is 5.87. The van der Waals surface area contributed by atoms with E-state index in [4.69, 9.17) is 10.1 Å². The summed E-state index contributed by atoms with van der Waals surface area (Å²) in [6.07, 6.45) is 0.745. The first-order valence-corrected chi connectivity index (χ1v) is 14.7. The van der Waals surface area contributed by atoms with Crippen LogP contribution in [0.1, 0.15) is 40.9 Å². The van der Waals surface area contributed by atoms with E-state index in [1.165, 1.54) is 4.31 Å². The van der Waals surface area contributed by atoms with Crippen molar-refractivity contribution in [1.82, 2.24) is 19.5 Å². The summed E-state index contributed by atoms with van der Waals surface area (Å²) in [5.74, 6) is -0.153. The van der Waals surface area contributed by atoms with Crippen molar-refractivity contribution in [3.8, 4) is 11.3 Å². The van der Waals surface area contributed by atoms with Crippen molar-refractivity contribution >= 4 is 27.0 Å². The molecular formula is C30H33N5O3S. The smallest absolute Gasteiger partial charge is 0.276 e. The van der Waals surface area contributed by atoms with Gasteiger partial charge in [-0.2, -0.15) is 12.7 Å². The Bertz CT molecular complexity index is 1550. The quantitative estimate of drug-likeness (QED) is 0.348. The highest BCUT2D eigenvalue weighted by Gasteiger charge is 2.28. The molecule has 5 rings (SSSR count). The van der Waals surface area contributed by atoms with Crippen molar-refractivity contribution in [2.45, 2.75) is 25.9 Å². The second-order valence-corrected chi connectivity index (χ2v) is 11.3. The van der Waals surface area contributed by atoms with E-state index >= 15 is 0 Å². The number of hydrogen-bond acceptors (Lipinski definition) is 5. The van der Waals surface area contributed by atoms with Gasteiger partial charge in [0.1, 0.15) is 0 Å². The first-order valence-electron chi connectivity index (χ1n) is 13.2. The maximum atomic E-state index is 14.2. The number of rotatable bonds is 8. The van der Waals surface area contributed by atoms with Crippen LogP contribution in [-0.4, -0.2) is 54.7 Å². The first kappa shape index (κ1) is 27.0. The Morgan fingerprint density at radius 2 is 1.54 bits per heavy atom. The highest BCUT2D eigenvalue weighted by Crippen LogP contribution is 2.32. The molecule has 0 unspecified atom stereocenters. The second-order valence-electron chi connectivity index (χ2n) is 9.76. The van der Waals surface area contributed by atoms with Gasteiger partial charge in [0, 0.05) is 49.2 Å². The van der Waals surface area contributed by atoms with E-state index in [1.807, 2.05) is 84.9 Å². The number of para-hydroxylation sites is 1. The Hall–Kier alpha value is -3.63. The Kier molecular flexibility index (Phi) is 8.04. The SMILES string of the molecule is CC[C@H](NC(=O)c1c(CN2CCN(S(N)(=O)=O)CC2)c(-c2ccccc2)nc2ccccc12)c1ccccc1. The molecule has 1 saturated heterocycles. The topological polar surface area (TPSA) is 109 Å². The Balaban J connectivity index is 1.60. The van der Waals surface area contributed by atoms with Gasteiger partial charge in [-0.05, 0) is 18.1 Å². The molecule has 1 aliphatic heterocycles. The monoisotopic (exact) mass is 543 g/mol. The van der Waals surface area contributed by atoms with Gasteiger partial charge in [-0.15, -0.1) is 0 Å². The normalized spacial score (nSPS) is 15.7. The Morgan fingerprint density at radius 3 is 2.18 bits per heavy atom. The van der Waals surface area contributed by atoms with E-state index in [2.05, 4.69) is 17.1 Å². The summed E-state index contributed by atoms with van der Waals surface area (Å²) in [5, 5.41) is 9.43. The van der Waals surface area contributed by atoms with Gasteiger partial charge in [-0.25, -0.2) is 10.1 Å². The molecule has 8 nitrogen and oxygen atoms in total. The predicted octanol–water partition coefficient (Wildman–Crippen LogP) is 4.10. The predicted molar refractivity (Wildman–Crippen MR) is 154 cm³/mol. The van der Waals surface area contributed by atoms with Crippen LogP contribution < -0.4 is 10.5 Å². The van der Waals surface area contributed by atoms with Gasteiger partial charge >= 0.3 is 0 Å². The fourth-order valence-electron chi connectivity index (χ4n) is 5.20. The molecule has 0 radical (unpaired) electrons. The summed E-state index contributed by atoms with van der Waals surface area (Å²) in [4.78, 5) is 21.4. The number of hydrogen-bond donors (Lipinski definition) is 2. The lowest BCUT2D eigenvalue weighted by molar-refractivity contribution is 0.0934. The summed E-state index contributed by atoms with van der Waals surface area (Å²) in [7, 11) is -3.74. The average molecular weight is 544 g/mol. The van der Waals surface area contributed by atoms with Crippen molar-refractivity contribution in [2.24, 2.45) is 5.14 Å². The molecule has 0 spiro atoms. The largest absolute Gasteiger partial charge is 0.345 e. The van der Waals surface area contributed by atoms with Crippen LogP contribution in [0, 0.1) is 0 Å². The number of piperazine rings is 1. The van der Waals surface area contributed by atoms with Crippen molar-refractivity contribution in [3.05, 3.63) is 102 Å². The maximum Gasteiger partial charge on any atom is 0.276 e. The van der Waals surface area contributed by atoms with E-state index < -0.39 is 10.2 Å². The minimum Gasteiger partial charge on any atom is -0.345 e. The Morgan fingerprint density at radius 1 is 0.923 bits per heavy atom. The van der Waals surface area contributed by atoms with Gasteiger partial charge in [0.25, 0.3) is 16.1 Å². The molecule has 1 aromatic heterocycles. The molecule has 0 bridgehead atoms. The van der Waals surface area contributed by atoms with Crippen LogP contribution in [0.5, 0.6) is 0 Å². The fraction of sp³-hybridized carbons (Fsp3) is 0.267. The van der Waals surface area contributed by atoms with Crippen molar-refractivity contribution in [3.63, 3.8) is 0 Å². The standard InChI is InChI=1S/C30H33N5O3S/c1-2-26(22-11-5-3-6-12-22)33-30(36)28-24-15-9-10-16-27(24)32-29(23-13-7-4-8-14-23)25(28)21-34-17-19-35(20-18-34)39(31,37)38/h3-16,26H,2,17-21H2,1H3,(H,33,36)(H2,31,37,38)/t26-/m0/s1. The molecule has 9 heteroatoms. The molecule has 3 N–H and O–H groups in total. The molecule has 202 valence electrons. The number of carbonyl (C=O) groups is 1. The van der Waals surface area contributed by atoms with Crippen LogP contribution in [0.25, 0.3) is 22.2 Å². The number of carbonyl (C=O) groups excluding carboxylic acids is 1. The zero-order chi connectivity index (χ0) is 27.4. The molecule has 1 aliphatic rings. The lowest BCUT2D eigenvalue weighted by Gasteiger charge is -2.33. The first-order chi connectivity index (χ1) is 18.8. The minimum absolute atomic E-state index is 0.142. The zero-order valence-corrected chi connectivity index (χ0v) is 22.8. The van der Waals surface area contributed by atoms with E-state index in [9.17, 15) is 13.2 Å². The molecule has 1 atom stereocenters. The number of benzene rings is 3. The van der Waals surface area contributed by atoms with Gasteiger partial charge in [-0.3, -0.25) is 9.69 Å². The number of nitrogens with zero attached hydrogens (tertiary/aromatic N) is 3. The van der Waals surface area contributed by atoms with Crippen LogP contribution in [0.3, 0.4) is 0 Å². The third kappa shape index (κ3) is 6.02. The molecule has 3 aromatic carbocycles. The van der Waals surface area contributed by atoms with Crippen molar-refractivity contribution < 1.29 is 13.2 Å². The summed E-state index contributed by atoms with van der Waals surface area (Å²) in [6, 6.07) is 27.4. The molecular weight excluding hydrogens is 510 g/mol. The van der Waals surface area contributed by atoms with Crippen LogP contribution >= 0.6 is 0 Å². The molecule has 0 saturated carbocycles. The van der Waals surface area contributed by atoms with Gasteiger partial charge in [0.15, 0.2) is 0 Å². The number of fused-ring (bicyclic) bond motifs is 1. The zero-order valence-electron chi connectivity index (χ0n) is 22.0. The molecule has 39 heavy (non-hydrogen) atoms. The van der Waals surface area contributed by atoms with Crippen LogP contribution in [0.2, 0.25) is 0 Å². The highest BCUT2D eigenvalue weighted by atomic mass is 32.2. The van der Waals surface area contributed by atoms with Gasteiger partial charge < -0.3 is 5.32 Å². The van der Waals surface area contributed by atoms with Crippen LogP contribution in [0.15, 0.2) is 84.9 Å². The van der Waals surface area contributed by atoms with Crippen LogP contribution in [0.4, 0.5) is 0 Å². The lowest BCUT2D eigenvalue weighted by Crippen LogP contribution is -2.50. The second kappa shape index (κ2) is 11.6. The van der Waals surface area contributed by atoms with E-state index in [0.717, 1.165) is 39.7 Å². The minimum atomic E-state index is -3.74. The van der Waals surface area contributed by atoms with Gasteiger partial charge in [-0.1, -0.05) is 85.8 Å². The van der Waals surface area contributed by atoms with E-state index in [0.29, 0.717) is 38.3 Å². The van der Waals surface area contributed by atoms with Crippen molar-refractivity contribution in [1.29, 1.82) is 0 Å². The summed E-state index contributed by atoms with van der Waals surface area (Å²) >= 11 is 0. The highest BCUT2D eigenvalue weighted by molar-refractivity contribution is 7.86. The Labute approximate surface area is 229 Å². The number of pyridine rings is 1. The number of aromatic nitrogens is 1. The molecule has 2 heterocycles. The van der Waals surface area contributed by atoms with E-state index in [-0.39, 0.29) is 11.9 Å².